The van der Waals surface area contributed by atoms with Crippen LogP contribution < -0.4 is 4.74 Å². The number of aliphatic hydroxyl groups excluding tert-OH is 1. The van der Waals surface area contributed by atoms with Crippen LogP contribution in [0, 0.1) is 5.41 Å². The van der Waals surface area contributed by atoms with E-state index in [0.29, 0.717) is 23.5 Å². The van der Waals surface area contributed by atoms with Gasteiger partial charge in [-0.1, -0.05) is 66.7 Å². The Morgan fingerprint density at radius 2 is 1.40 bits per heavy atom. The van der Waals surface area contributed by atoms with E-state index in [1.165, 1.54) is 11.8 Å². The molecule has 1 heterocycles. The van der Waals surface area contributed by atoms with E-state index in [4.69, 9.17) is 14.2 Å². The SMILES string of the molecule is CCOC(=O)C1(C(=O)OCC)C(O)c2ccccc2SC1c1ccccc1OCc1ccccc1. The number of esters is 2. The van der Waals surface area contributed by atoms with Crippen molar-refractivity contribution >= 4 is 23.7 Å². The van der Waals surface area contributed by atoms with Crippen molar-refractivity contribution in [3.8, 4) is 5.75 Å². The van der Waals surface area contributed by atoms with Gasteiger partial charge >= 0.3 is 11.9 Å². The minimum atomic E-state index is -2.02. The van der Waals surface area contributed by atoms with Crippen LogP contribution in [-0.2, 0) is 25.7 Å². The monoisotopic (exact) mass is 492 g/mol. The Hall–Kier alpha value is -3.29. The fourth-order valence-electron chi connectivity index (χ4n) is 4.32. The van der Waals surface area contributed by atoms with Crippen LogP contribution in [0.3, 0.4) is 0 Å². The fraction of sp³-hybridized carbons (Fsp3) is 0.286. The third kappa shape index (κ3) is 4.66. The minimum Gasteiger partial charge on any atom is -0.489 e. The van der Waals surface area contributed by atoms with Crippen LogP contribution >= 0.6 is 11.8 Å². The maximum atomic E-state index is 13.6. The molecule has 0 bridgehead atoms. The van der Waals surface area contributed by atoms with Crippen LogP contribution in [0.25, 0.3) is 0 Å². The van der Waals surface area contributed by atoms with Crippen LogP contribution in [0.4, 0.5) is 0 Å². The van der Waals surface area contributed by atoms with E-state index in [1.807, 2.05) is 60.7 Å². The molecule has 0 amide bonds. The number of thioether (sulfide) groups is 1. The standard InChI is InChI=1S/C28H28O6S/c1-3-32-26(30)28(27(31)33-4-2)24(29)21-15-9-11-17-23(21)35-25(28)20-14-8-10-16-22(20)34-18-19-12-6-5-7-13-19/h5-17,24-25,29H,3-4,18H2,1-2H3. The van der Waals surface area contributed by atoms with Crippen molar-refractivity contribution in [1.29, 1.82) is 0 Å². The molecule has 7 heteroatoms. The third-order valence-electron chi connectivity index (χ3n) is 5.97. The van der Waals surface area contributed by atoms with Crippen molar-refractivity contribution in [2.45, 2.75) is 36.7 Å². The van der Waals surface area contributed by atoms with E-state index in [2.05, 4.69) is 0 Å². The van der Waals surface area contributed by atoms with Gasteiger partial charge in [0.05, 0.1) is 18.5 Å². The highest BCUT2D eigenvalue weighted by molar-refractivity contribution is 7.99. The number of carbonyl (C=O) groups is 2. The van der Waals surface area contributed by atoms with Crippen LogP contribution in [-0.4, -0.2) is 30.3 Å². The van der Waals surface area contributed by atoms with E-state index in [1.54, 1.807) is 32.0 Å². The number of aliphatic hydroxyl groups is 1. The second-order valence-corrected chi connectivity index (χ2v) is 9.21. The summed E-state index contributed by atoms with van der Waals surface area (Å²) in [6.07, 6.45) is -1.47. The van der Waals surface area contributed by atoms with Gasteiger partial charge in [0, 0.05) is 10.5 Å². The number of hydrogen-bond donors (Lipinski definition) is 1. The normalized spacial score (nSPS) is 18.3. The molecule has 4 rings (SSSR count). The van der Waals surface area contributed by atoms with Crippen LogP contribution in [0.15, 0.2) is 83.8 Å². The van der Waals surface area contributed by atoms with Gasteiger partial charge in [0.1, 0.15) is 18.5 Å². The van der Waals surface area contributed by atoms with Gasteiger partial charge in [0.2, 0.25) is 5.41 Å². The molecule has 3 aromatic rings. The predicted octanol–water partition coefficient (Wildman–Crippen LogP) is 5.26. The molecule has 2 atom stereocenters. The van der Waals surface area contributed by atoms with E-state index < -0.39 is 28.7 Å². The lowest BCUT2D eigenvalue weighted by Gasteiger charge is -2.43. The molecule has 0 aliphatic carbocycles. The lowest BCUT2D eigenvalue weighted by Crippen LogP contribution is -2.52. The maximum absolute atomic E-state index is 13.6. The topological polar surface area (TPSA) is 82.1 Å². The van der Waals surface area contributed by atoms with Gasteiger partial charge in [-0.3, -0.25) is 9.59 Å². The van der Waals surface area contributed by atoms with Gasteiger partial charge < -0.3 is 19.3 Å². The molecule has 0 spiro atoms. The average molecular weight is 493 g/mol. The zero-order valence-electron chi connectivity index (χ0n) is 19.7. The number of carbonyl (C=O) groups excluding carboxylic acids is 2. The summed E-state index contributed by atoms with van der Waals surface area (Å²) in [4.78, 5) is 28.0. The molecule has 0 saturated heterocycles. The number of benzene rings is 3. The molecule has 0 fully saturated rings. The summed E-state index contributed by atoms with van der Waals surface area (Å²) in [6.45, 7) is 3.74. The molecular weight excluding hydrogens is 464 g/mol. The first-order valence-corrected chi connectivity index (χ1v) is 12.5. The van der Waals surface area contributed by atoms with Crippen molar-refractivity contribution in [3.05, 3.63) is 95.6 Å². The minimum absolute atomic E-state index is 0.0535. The van der Waals surface area contributed by atoms with Gasteiger partial charge in [0.25, 0.3) is 0 Å². The van der Waals surface area contributed by atoms with Gasteiger partial charge in [-0.15, -0.1) is 11.8 Å². The quantitative estimate of drug-likeness (QED) is 0.339. The summed E-state index contributed by atoms with van der Waals surface area (Å²) < 4.78 is 17.0. The first-order chi connectivity index (χ1) is 17.0. The van der Waals surface area contributed by atoms with E-state index in [9.17, 15) is 14.7 Å². The van der Waals surface area contributed by atoms with E-state index >= 15 is 0 Å². The number of rotatable bonds is 8. The average Bonchev–Trinajstić information content (AvgIpc) is 2.88. The van der Waals surface area contributed by atoms with Gasteiger partial charge in [-0.05, 0) is 37.1 Å². The van der Waals surface area contributed by atoms with Crippen molar-refractivity contribution in [1.82, 2.24) is 0 Å². The zero-order valence-corrected chi connectivity index (χ0v) is 20.5. The molecule has 0 radical (unpaired) electrons. The van der Waals surface area contributed by atoms with Crippen LogP contribution in [0.5, 0.6) is 5.75 Å². The number of ether oxygens (including phenoxy) is 3. The molecule has 0 aromatic heterocycles. The number of hydrogen-bond acceptors (Lipinski definition) is 7. The second kappa shape index (κ2) is 11.0. The smallest absolute Gasteiger partial charge is 0.328 e. The largest absolute Gasteiger partial charge is 0.489 e. The Bertz CT molecular complexity index is 1160. The molecular formula is C28H28O6S. The molecule has 182 valence electrons. The lowest BCUT2D eigenvalue weighted by molar-refractivity contribution is -0.182. The zero-order chi connectivity index (χ0) is 24.8. The summed E-state index contributed by atoms with van der Waals surface area (Å²) in [6, 6.07) is 24.2. The van der Waals surface area contributed by atoms with Gasteiger partial charge in [-0.2, -0.15) is 0 Å². The summed E-state index contributed by atoms with van der Waals surface area (Å²) in [5.74, 6) is -1.13. The first kappa shape index (κ1) is 24.8. The van der Waals surface area contributed by atoms with Crippen molar-refractivity contribution < 1.29 is 28.9 Å². The molecule has 1 aliphatic heterocycles. The lowest BCUT2D eigenvalue weighted by atomic mass is 9.72. The Morgan fingerprint density at radius 3 is 2.06 bits per heavy atom. The molecule has 6 nitrogen and oxygen atoms in total. The highest BCUT2D eigenvalue weighted by Gasteiger charge is 2.64. The van der Waals surface area contributed by atoms with E-state index in [-0.39, 0.29) is 13.2 Å². The van der Waals surface area contributed by atoms with Crippen LogP contribution in [0.2, 0.25) is 0 Å². The van der Waals surface area contributed by atoms with E-state index in [0.717, 1.165) is 10.5 Å². The van der Waals surface area contributed by atoms with Crippen molar-refractivity contribution in [3.63, 3.8) is 0 Å². The molecule has 0 saturated carbocycles. The summed E-state index contributed by atoms with van der Waals surface area (Å²) in [5.41, 5.74) is 0.0451. The second-order valence-electron chi connectivity index (χ2n) is 8.06. The molecule has 3 aromatic carbocycles. The summed E-state index contributed by atoms with van der Waals surface area (Å²) in [5, 5.41) is 10.8. The Morgan fingerprint density at radius 1 is 0.829 bits per heavy atom. The van der Waals surface area contributed by atoms with Gasteiger partial charge in [0.15, 0.2) is 0 Å². The number of fused-ring (bicyclic) bond motifs is 1. The Balaban J connectivity index is 1.86. The molecule has 1 aliphatic rings. The highest BCUT2D eigenvalue weighted by atomic mass is 32.2. The first-order valence-electron chi connectivity index (χ1n) is 11.6. The Kier molecular flexibility index (Phi) is 7.78. The fourth-order valence-corrected chi connectivity index (χ4v) is 5.87. The van der Waals surface area contributed by atoms with Crippen LogP contribution in [0.1, 0.15) is 41.9 Å². The molecule has 35 heavy (non-hydrogen) atoms. The summed E-state index contributed by atoms with van der Waals surface area (Å²) in [7, 11) is 0. The third-order valence-corrected chi connectivity index (χ3v) is 7.46. The van der Waals surface area contributed by atoms with Gasteiger partial charge in [-0.25, -0.2) is 0 Å². The number of para-hydroxylation sites is 1. The van der Waals surface area contributed by atoms with Crippen molar-refractivity contribution in [2.75, 3.05) is 13.2 Å². The highest BCUT2D eigenvalue weighted by Crippen LogP contribution is 2.61. The van der Waals surface area contributed by atoms with Crippen molar-refractivity contribution in [2.24, 2.45) is 5.41 Å². The summed E-state index contributed by atoms with van der Waals surface area (Å²) >= 11 is 1.32. The Labute approximate surface area is 209 Å². The predicted molar refractivity (Wildman–Crippen MR) is 133 cm³/mol. The molecule has 2 unspecified atom stereocenters. The maximum Gasteiger partial charge on any atom is 0.328 e. The molecule has 1 N–H and O–H groups in total.